The number of non-ortho nitro benzene ring substituents is 1. The number of carbonyl (C=O) groups is 3. The van der Waals surface area contributed by atoms with Gasteiger partial charge in [-0.1, -0.05) is 12.1 Å². The van der Waals surface area contributed by atoms with Gasteiger partial charge >= 0.3 is 6.03 Å². The molecule has 4 rings (SSSR count). The summed E-state index contributed by atoms with van der Waals surface area (Å²) in [4.78, 5) is 49.6. The predicted molar refractivity (Wildman–Crippen MR) is 140 cm³/mol. The number of urea groups is 1. The second-order valence-electron chi connectivity index (χ2n) is 7.91. The summed E-state index contributed by atoms with van der Waals surface area (Å²) in [7, 11) is 2.91. The van der Waals surface area contributed by atoms with Crippen LogP contribution < -0.4 is 24.4 Å². The molecule has 0 unspecified atom stereocenters. The largest absolute Gasteiger partial charge is 0.497 e. The van der Waals surface area contributed by atoms with Crippen molar-refractivity contribution < 1.29 is 33.5 Å². The van der Waals surface area contributed by atoms with Crippen molar-refractivity contribution in [3.63, 3.8) is 0 Å². The minimum atomic E-state index is -0.869. The number of amides is 4. The fourth-order valence-corrected chi connectivity index (χ4v) is 4.24. The number of nitrogens with one attached hydrogen (secondary N) is 1. The molecule has 3 aromatic carbocycles. The first-order valence-electron chi connectivity index (χ1n) is 11.0. The molecule has 194 valence electrons. The fraction of sp³-hybridized carbons (Fsp3) is 0.115. The molecule has 11 nitrogen and oxygen atoms in total. The van der Waals surface area contributed by atoms with Gasteiger partial charge in [-0.3, -0.25) is 25.0 Å². The molecular weight excluding hydrogens is 562 g/mol. The normalized spacial score (nSPS) is 14.3. The van der Waals surface area contributed by atoms with Gasteiger partial charge in [0.1, 0.15) is 17.9 Å². The average molecular weight is 582 g/mol. The average Bonchev–Trinajstić information content (AvgIpc) is 2.90. The number of nitrogens with zero attached hydrogens (tertiary/aromatic N) is 2. The lowest BCUT2D eigenvalue weighted by Gasteiger charge is -2.26. The van der Waals surface area contributed by atoms with E-state index in [0.717, 1.165) is 4.90 Å². The Kier molecular flexibility index (Phi) is 7.72. The Bertz CT molecular complexity index is 1470. The zero-order valence-electron chi connectivity index (χ0n) is 20.1. The van der Waals surface area contributed by atoms with Gasteiger partial charge in [0.05, 0.1) is 29.3 Å². The van der Waals surface area contributed by atoms with Gasteiger partial charge in [0, 0.05) is 12.1 Å². The number of nitro benzene ring substituents is 1. The van der Waals surface area contributed by atoms with Crippen LogP contribution in [-0.4, -0.2) is 37.0 Å². The number of ether oxygens (including phenoxy) is 3. The second kappa shape index (κ2) is 11.1. The van der Waals surface area contributed by atoms with Gasteiger partial charge in [-0.25, -0.2) is 9.69 Å². The van der Waals surface area contributed by atoms with Crippen molar-refractivity contribution >= 4 is 51.2 Å². The molecule has 1 N–H and O–H groups in total. The number of anilines is 1. The van der Waals surface area contributed by atoms with Crippen molar-refractivity contribution in [1.82, 2.24) is 5.32 Å². The molecule has 0 bridgehead atoms. The van der Waals surface area contributed by atoms with Crippen LogP contribution in [0.4, 0.5) is 16.2 Å². The van der Waals surface area contributed by atoms with Crippen LogP contribution in [0.1, 0.15) is 11.1 Å². The number of methoxy groups -OCH3 is 2. The summed E-state index contributed by atoms with van der Waals surface area (Å²) in [5.41, 5.74) is 0.928. The third-order valence-electron chi connectivity index (χ3n) is 5.50. The van der Waals surface area contributed by atoms with Crippen LogP contribution in [-0.2, 0) is 16.2 Å². The molecule has 1 aliphatic heterocycles. The molecule has 0 radical (unpaired) electrons. The highest BCUT2D eigenvalue weighted by Gasteiger charge is 2.37. The molecule has 12 heteroatoms. The maximum atomic E-state index is 13.2. The number of carbonyl (C=O) groups excluding carboxylic acids is 3. The Hall–Kier alpha value is -4.71. The smallest absolute Gasteiger partial charge is 0.335 e. The van der Waals surface area contributed by atoms with Crippen molar-refractivity contribution in [3.8, 4) is 17.2 Å². The van der Waals surface area contributed by atoms with Gasteiger partial charge in [0.15, 0.2) is 11.5 Å². The van der Waals surface area contributed by atoms with Crippen molar-refractivity contribution in [2.75, 3.05) is 19.1 Å². The standard InChI is InChI=1S/C26H20BrN3O8/c1-36-19-8-6-17(7-9-19)29-25(32)20(24(31)28-26(29)33)11-16-12-21(27)23(22(13-16)37-2)38-14-15-4-3-5-18(10-15)30(34)35/h3-13H,14H2,1-2H3,(H,28,31,33)/b20-11+. The molecule has 3 aromatic rings. The Morgan fingerprint density at radius 1 is 1.03 bits per heavy atom. The molecule has 1 saturated heterocycles. The monoisotopic (exact) mass is 581 g/mol. The zero-order chi connectivity index (χ0) is 27.4. The highest BCUT2D eigenvalue weighted by Crippen LogP contribution is 2.38. The summed E-state index contributed by atoms with van der Waals surface area (Å²) in [6.07, 6.45) is 1.33. The first-order valence-corrected chi connectivity index (χ1v) is 11.8. The second-order valence-corrected chi connectivity index (χ2v) is 8.76. The lowest BCUT2D eigenvalue weighted by molar-refractivity contribution is -0.384. The van der Waals surface area contributed by atoms with Gasteiger partial charge in [-0.15, -0.1) is 0 Å². The lowest BCUT2D eigenvalue weighted by atomic mass is 10.1. The van der Waals surface area contributed by atoms with Gasteiger partial charge < -0.3 is 14.2 Å². The molecule has 0 aliphatic carbocycles. The minimum Gasteiger partial charge on any atom is -0.497 e. The molecule has 38 heavy (non-hydrogen) atoms. The zero-order valence-corrected chi connectivity index (χ0v) is 21.7. The number of imide groups is 2. The number of halogens is 1. The number of barbiturate groups is 1. The van der Waals surface area contributed by atoms with Crippen molar-refractivity contribution in [3.05, 3.63) is 92.0 Å². The van der Waals surface area contributed by atoms with Gasteiger partial charge in [0.2, 0.25) is 0 Å². The van der Waals surface area contributed by atoms with E-state index in [2.05, 4.69) is 21.2 Å². The van der Waals surface area contributed by atoms with E-state index in [1.807, 2.05) is 0 Å². The number of rotatable bonds is 8. The van der Waals surface area contributed by atoms with Crippen molar-refractivity contribution in [1.29, 1.82) is 0 Å². The van der Waals surface area contributed by atoms with E-state index in [1.165, 1.54) is 44.6 Å². The van der Waals surface area contributed by atoms with Crippen LogP contribution in [0.3, 0.4) is 0 Å². The molecule has 1 heterocycles. The molecule has 0 aromatic heterocycles. The lowest BCUT2D eigenvalue weighted by Crippen LogP contribution is -2.54. The van der Waals surface area contributed by atoms with Crippen LogP contribution in [0.25, 0.3) is 6.08 Å². The number of hydrogen-bond donors (Lipinski definition) is 1. The topological polar surface area (TPSA) is 137 Å². The van der Waals surface area contributed by atoms with E-state index in [0.29, 0.717) is 27.1 Å². The van der Waals surface area contributed by atoms with Gasteiger partial charge in [-0.2, -0.15) is 0 Å². The molecule has 0 atom stereocenters. The number of hydrogen-bond acceptors (Lipinski definition) is 8. The van der Waals surface area contributed by atoms with Crippen LogP contribution in [0.15, 0.2) is 70.7 Å². The van der Waals surface area contributed by atoms with Gasteiger partial charge in [0.25, 0.3) is 17.5 Å². The highest BCUT2D eigenvalue weighted by atomic mass is 79.9. The molecule has 0 saturated carbocycles. The molecule has 1 aliphatic rings. The minimum absolute atomic E-state index is 0.0247. The van der Waals surface area contributed by atoms with E-state index >= 15 is 0 Å². The quantitative estimate of drug-likeness (QED) is 0.176. The SMILES string of the molecule is COc1ccc(N2C(=O)NC(=O)/C(=C\c3cc(Br)c(OCc4cccc([N+](=O)[O-])c4)c(OC)c3)C2=O)cc1. The fourth-order valence-electron chi connectivity index (χ4n) is 3.67. The Balaban J connectivity index is 1.61. The van der Waals surface area contributed by atoms with Crippen LogP contribution in [0.2, 0.25) is 0 Å². The molecule has 1 fully saturated rings. The third kappa shape index (κ3) is 5.49. The Morgan fingerprint density at radius 2 is 1.76 bits per heavy atom. The number of benzene rings is 3. The van der Waals surface area contributed by atoms with Crippen LogP contribution >= 0.6 is 15.9 Å². The van der Waals surface area contributed by atoms with Crippen LogP contribution in [0, 0.1) is 10.1 Å². The summed E-state index contributed by atoms with van der Waals surface area (Å²) in [5, 5.41) is 13.2. The summed E-state index contributed by atoms with van der Waals surface area (Å²) >= 11 is 3.41. The van der Waals surface area contributed by atoms with Crippen molar-refractivity contribution in [2.24, 2.45) is 0 Å². The van der Waals surface area contributed by atoms with Crippen molar-refractivity contribution in [2.45, 2.75) is 6.61 Å². The maximum Gasteiger partial charge on any atom is 0.335 e. The molecule has 0 spiro atoms. The van der Waals surface area contributed by atoms with E-state index in [-0.39, 0.29) is 29.3 Å². The first-order chi connectivity index (χ1) is 18.2. The third-order valence-corrected chi connectivity index (χ3v) is 6.09. The summed E-state index contributed by atoms with van der Waals surface area (Å²) in [5.74, 6) is -0.509. The summed E-state index contributed by atoms with van der Waals surface area (Å²) < 4.78 is 16.8. The predicted octanol–water partition coefficient (Wildman–Crippen LogP) is 4.62. The Labute approximate surface area is 224 Å². The summed E-state index contributed by atoms with van der Waals surface area (Å²) in [6.45, 7) is 0.0247. The van der Waals surface area contributed by atoms with E-state index < -0.39 is 22.8 Å². The van der Waals surface area contributed by atoms with Crippen LogP contribution in [0.5, 0.6) is 17.2 Å². The van der Waals surface area contributed by atoms with E-state index in [1.54, 1.807) is 36.4 Å². The first kappa shape index (κ1) is 26.4. The highest BCUT2D eigenvalue weighted by molar-refractivity contribution is 9.10. The van der Waals surface area contributed by atoms with E-state index in [4.69, 9.17) is 14.2 Å². The van der Waals surface area contributed by atoms with Gasteiger partial charge in [-0.05, 0) is 69.5 Å². The summed E-state index contributed by atoms with van der Waals surface area (Å²) in [6, 6.07) is 14.5. The number of nitro groups is 1. The molecule has 4 amide bonds. The Morgan fingerprint density at radius 3 is 2.42 bits per heavy atom. The molecular formula is C26H20BrN3O8. The maximum absolute atomic E-state index is 13.2. The van der Waals surface area contributed by atoms with E-state index in [9.17, 15) is 24.5 Å².